The number of thioether (sulfide) groups is 1. The lowest BCUT2D eigenvalue weighted by Gasteiger charge is -2.44. The first-order valence-corrected chi connectivity index (χ1v) is 12.5. The molecule has 10 nitrogen and oxygen atoms in total. The first-order chi connectivity index (χ1) is 16.3. The summed E-state index contributed by atoms with van der Waals surface area (Å²) in [5.74, 6) is -1.24. The first-order valence-electron chi connectivity index (χ1n) is 11.5. The maximum absolute atomic E-state index is 12.4. The van der Waals surface area contributed by atoms with Crippen molar-refractivity contribution in [3.63, 3.8) is 0 Å². The maximum Gasteiger partial charge on any atom is 0.339 e. The van der Waals surface area contributed by atoms with Crippen LogP contribution in [0.15, 0.2) is 6.07 Å². The second kappa shape index (κ2) is 10.7. The highest BCUT2D eigenvalue weighted by Crippen LogP contribution is 2.47. The topological polar surface area (TPSA) is 163 Å². The molecule has 0 amide bonds. The van der Waals surface area contributed by atoms with E-state index >= 15 is 0 Å². The number of phenols is 2. The number of aliphatic hydroxyl groups is 3. The predicted molar refractivity (Wildman–Crippen MR) is 119 cm³/mol. The average Bonchev–Trinajstić information content (AvgIpc) is 3.33. The van der Waals surface area contributed by atoms with Gasteiger partial charge in [-0.15, -0.1) is 0 Å². The highest BCUT2D eigenvalue weighted by Gasteiger charge is 2.52. The molecule has 0 spiro atoms. The van der Waals surface area contributed by atoms with Crippen molar-refractivity contribution in [2.45, 2.75) is 80.9 Å². The first kappa shape index (κ1) is 25.1. The van der Waals surface area contributed by atoms with E-state index in [4.69, 9.17) is 14.2 Å². The van der Waals surface area contributed by atoms with Crippen LogP contribution in [0.3, 0.4) is 0 Å². The summed E-state index contributed by atoms with van der Waals surface area (Å²) >= 11 is 1.98. The number of ether oxygens (including phenoxy) is 3. The lowest BCUT2D eigenvalue weighted by molar-refractivity contribution is -0.237. The molecule has 2 saturated heterocycles. The van der Waals surface area contributed by atoms with Crippen molar-refractivity contribution >= 4 is 23.7 Å². The zero-order chi connectivity index (χ0) is 24.4. The van der Waals surface area contributed by atoms with Crippen molar-refractivity contribution < 1.29 is 49.3 Å². The third-order valence-corrected chi connectivity index (χ3v) is 8.07. The Morgan fingerprint density at radius 1 is 1.21 bits per heavy atom. The second-order valence-electron chi connectivity index (χ2n) is 8.85. The van der Waals surface area contributed by atoms with Gasteiger partial charge in [-0.1, -0.05) is 6.42 Å². The van der Waals surface area contributed by atoms with Gasteiger partial charge in [0.2, 0.25) is 0 Å². The minimum Gasteiger partial charge on any atom is -0.507 e. The summed E-state index contributed by atoms with van der Waals surface area (Å²) in [6.07, 6.45) is -1.37. The number of carbonyl (C=O) groups is 2. The highest BCUT2D eigenvalue weighted by molar-refractivity contribution is 8.00. The summed E-state index contributed by atoms with van der Waals surface area (Å²) in [7, 11) is 0. The molecular weight excluding hydrogens is 468 g/mol. The number of fused-ring (bicyclic) bond motifs is 3. The lowest BCUT2D eigenvalue weighted by Crippen LogP contribution is -2.58. The van der Waals surface area contributed by atoms with Crippen LogP contribution in [0.2, 0.25) is 0 Å². The number of unbranched alkanes of at least 4 members (excludes halogenated alkanes) is 1. The second-order valence-corrected chi connectivity index (χ2v) is 10.3. The summed E-state index contributed by atoms with van der Waals surface area (Å²) < 4.78 is 16.3. The standard InChI is InChI=1S/C23H30O10S/c24-9-13-14(25)8-12-17(18(13)27)21-22(33-23(12)30)20(29)19(28)15(32-21)10-31-16(26)6-2-1-4-11-5-3-7-34-11/h8,11,15,19-22,24-25,27-29H,1-7,9-10H2. The number of benzene rings is 1. The highest BCUT2D eigenvalue weighted by atomic mass is 32.2. The van der Waals surface area contributed by atoms with Crippen LogP contribution in [0.5, 0.6) is 11.5 Å². The molecule has 3 heterocycles. The normalized spacial score (nSPS) is 30.4. The van der Waals surface area contributed by atoms with Gasteiger partial charge in [-0.25, -0.2) is 4.79 Å². The van der Waals surface area contributed by atoms with Gasteiger partial charge in [0.15, 0.2) is 6.10 Å². The maximum atomic E-state index is 12.4. The molecule has 0 bridgehead atoms. The van der Waals surface area contributed by atoms with Crippen LogP contribution in [0.1, 0.15) is 66.1 Å². The monoisotopic (exact) mass is 498 g/mol. The van der Waals surface area contributed by atoms with Gasteiger partial charge in [0, 0.05) is 17.2 Å². The van der Waals surface area contributed by atoms with Crippen LogP contribution in [0.25, 0.3) is 0 Å². The fourth-order valence-corrected chi connectivity index (χ4v) is 6.05. The van der Waals surface area contributed by atoms with Crippen LogP contribution in [-0.4, -0.2) is 79.5 Å². The number of aromatic hydroxyl groups is 2. The Kier molecular flexibility index (Phi) is 7.88. The average molecular weight is 499 g/mol. The number of carbonyl (C=O) groups excluding carboxylic acids is 2. The summed E-state index contributed by atoms with van der Waals surface area (Å²) in [6, 6.07) is 1.04. The third-order valence-electron chi connectivity index (χ3n) is 6.60. The van der Waals surface area contributed by atoms with E-state index < -0.39 is 60.6 Å². The number of rotatable bonds is 8. The molecule has 1 aromatic rings. The zero-order valence-electron chi connectivity index (χ0n) is 18.6. The van der Waals surface area contributed by atoms with E-state index in [-0.39, 0.29) is 29.7 Å². The van der Waals surface area contributed by atoms with Crippen LogP contribution in [-0.2, 0) is 25.6 Å². The van der Waals surface area contributed by atoms with Gasteiger partial charge in [0.1, 0.15) is 42.5 Å². The van der Waals surface area contributed by atoms with Crippen molar-refractivity contribution in [3.05, 3.63) is 22.8 Å². The largest absolute Gasteiger partial charge is 0.507 e. The van der Waals surface area contributed by atoms with Gasteiger partial charge in [-0.05, 0) is 37.5 Å². The molecule has 11 heteroatoms. The van der Waals surface area contributed by atoms with Crippen LogP contribution in [0, 0.1) is 0 Å². The smallest absolute Gasteiger partial charge is 0.339 e. The number of esters is 2. The Morgan fingerprint density at radius 3 is 2.71 bits per heavy atom. The molecule has 5 N–H and O–H groups in total. The predicted octanol–water partition coefficient (Wildman–Crippen LogP) is 1.29. The lowest BCUT2D eigenvalue weighted by atomic mass is 9.85. The molecule has 0 radical (unpaired) electrons. The molecule has 188 valence electrons. The van der Waals surface area contributed by atoms with Crippen LogP contribution in [0.4, 0.5) is 0 Å². The summed E-state index contributed by atoms with van der Waals surface area (Å²) in [5, 5.41) is 51.8. The Morgan fingerprint density at radius 2 is 2.00 bits per heavy atom. The van der Waals surface area contributed by atoms with E-state index in [2.05, 4.69) is 0 Å². The molecule has 0 aromatic heterocycles. The van der Waals surface area contributed by atoms with Gasteiger partial charge in [-0.2, -0.15) is 11.8 Å². The summed E-state index contributed by atoms with van der Waals surface area (Å²) in [4.78, 5) is 24.6. The van der Waals surface area contributed by atoms with Gasteiger partial charge < -0.3 is 39.7 Å². The Bertz CT molecular complexity index is 916. The molecule has 2 fully saturated rings. The third kappa shape index (κ3) is 4.99. The number of hydrogen-bond donors (Lipinski definition) is 5. The molecule has 6 atom stereocenters. The molecule has 3 aliphatic heterocycles. The number of hydrogen-bond acceptors (Lipinski definition) is 11. The van der Waals surface area contributed by atoms with Crippen LogP contribution >= 0.6 is 11.8 Å². The molecule has 34 heavy (non-hydrogen) atoms. The molecule has 6 unspecified atom stereocenters. The van der Waals surface area contributed by atoms with E-state index in [1.54, 1.807) is 0 Å². The molecule has 1 aromatic carbocycles. The quantitative estimate of drug-likeness (QED) is 0.259. The summed E-state index contributed by atoms with van der Waals surface area (Å²) in [5.41, 5.74) is -0.473. The Hall–Kier alpha value is -2.05. The van der Waals surface area contributed by atoms with Crippen molar-refractivity contribution in [1.29, 1.82) is 0 Å². The minimum atomic E-state index is -1.57. The number of aliphatic hydroxyl groups excluding tert-OH is 3. The van der Waals surface area contributed by atoms with E-state index in [0.29, 0.717) is 11.7 Å². The Labute approximate surface area is 200 Å². The van der Waals surface area contributed by atoms with Gasteiger partial charge in [-0.3, -0.25) is 4.79 Å². The van der Waals surface area contributed by atoms with E-state index in [9.17, 15) is 35.1 Å². The fraction of sp³-hybridized carbons (Fsp3) is 0.652. The van der Waals surface area contributed by atoms with Crippen LogP contribution < -0.4 is 0 Å². The Balaban J connectivity index is 1.39. The van der Waals surface area contributed by atoms with Gasteiger partial charge >= 0.3 is 11.9 Å². The molecule has 0 saturated carbocycles. The van der Waals surface area contributed by atoms with Crippen molar-refractivity contribution in [1.82, 2.24) is 0 Å². The van der Waals surface area contributed by atoms with E-state index in [0.717, 1.165) is 18.9 Å². The van der Waals surface area contributed by atoms with Gasteiger partial charge in [0.05, 0.1) is 17.7 Å². The van der Waals surface area contributed by atoms with E-state index in [1.807, 2.05) is 11.8 Å². The minimum absolute atomic E-state index is 0.0739. The molecule has 0 aliphatic carbocycles. The van der Waals surface area contributed by atoms with Gasteiger partial charge in [0.25, 0.3) is 0 Å². The fourth-order valence-electron chi connectivity index (χ4n) is 4.71. The van der Waals surface area contributed by atoms with E-state index in [1.165, 1.54) is 18.6 Å². The molecular formula is C23H30O10S. The van der Waals surface area contributed by atoms with Crippen molar-refractivity contribution in [2.24, 2.45) is 0 Å². The summed E-state index contributed by atoms with van der Waals surface area (Å²) in [6.45, 7) is -1.04. The van der Waals surface area contributed by atoms with Crippen molar-refractivity contribution in [3.8, 4) is 11.5 Å². The zero-order valence-corrected chi connectivity index (χ0v) is 19.4. The molecule has 3 aliphatic rings. The SMILES string of the molecule is O=C(CCCCC1CCCS1)OCC1OC2c3c(cc(O)c(CO)c3O)C(=O)OC2C(O)C1O. The van der Waals surface area contributed by atoms with Crippen molar-refractivity contribution in [2.75, 3.05) is 12.4 Å². The molecule has 4 rings (SSSR count).